The van der Waals surface area contributed by atoms with Crippen molar-refractivity contribution in [1.82, 2.24) is 30.1 Å². The molecule has 162 valence electrons. The van der Waals surface area contributed by atoms with Crippen molar-refractivity contribution in [2.45, 2.75) is 19.9 Å². The maximum absolute atomic E-state index is 4.62. The Balaban J connectivity index is 1.45. The number of H-pyrrole nitrogens is 2. The van der Waals surface area contributed by atoms with E-state index in [2.05, 4.69) is 84.3 Å². The summed E-state index contributed by atoms with van der Waals surface area (Å²) in [5.74, 6) is 0. The van der Waals surface area contributed by atoms with Gasteiger partial charge < -0.3 is 10.3 Å². The Bertz CT molecular complexity index is 1580. The summed E-state index contributed by atoms with van der Waals surface area (Å²) >= 11 is 1.67. The summed E-state index contributed by atoms with van der Waals surface area (Å²) in [4.78, 5) is 17.1. The second kappa shape index (κ2) is 7.83. The lowest BCUT2D eigenvalue weighted by Gasteiger charge is -2.10. The lowest BCUT2D eigenvalue weighted by Crippen LogP contribution is -2.09. The third-order valence-corrected chi connectivity index (χ3v) is 6.23. The van der Waals surface area contributed by atoms with Crippen LogP contribution in [0.3, 0.4) is 0 Å². The number of hydrogen-bond donors (Lipinski definition) is 3. The first-order valence-electron chi connectivity index (χ1n) is 10.7. The molecule has 0 aromatic carbocycles. The minimum absolute atomic E-state index is 0.332. The molecule has 0 fully saturated rings. The molecule has 6 heterocycles. The Hall–Kier alpha value is -4.04. The Kier molecular flexibility index (Phi) is 4.66. The maximum atomic E-state index is 4.62. The molecule has 0 aliphatic carbocycles. The van der Waals surface area contributed by atoms with Crippen LogP contribution in [0.5, 0.6) is 0 Å². The quantitative estimate of drug-likeness (QED) is 0.294. The van der Waals surface area contributed by atoms with E-state index in [9.17, 15) is 0 Å². The van der Waals surface area contributed by atoms with Gasteiger partial charge in [0.25, 0.3) is 0 Å². The van der Waals surface area contributed by atoms with Gasteiger partial charge in [-0.3, -0.25) is 15.1 Å². The number of aromatic amines is 2. The van der Waals surface area contributed by atoms with Crippen molar-refractivity contribution in [1.29, 1.82) is 0 Å². The van der Waals surface area contributed by atoms with Gasteiger partial charge in [0, 0.05) is 69.2 Å². The van der Waals surface area contributed by atoms with Gasteiger partial charge in [-0.15, -0.1) is 0 Å². The molecule has 0 unspecified atom stereocenters. The summed E-state index contributed by atoms with van der Waals surface area (Å²) in [6.45, 7) is 4.22. The summed E-state index contributed by atoms with van der Waals surface area (Å²) in [6.07, 6.45) is 7.37. The van der Waals surface area contributed by atoms with E-state index in [1.54, 1.807) is 11.3 Å². The molecule has 6 aromatic heterocycles. The second-order valence-corrected chi connectivity index (χ2v) is 9.05. The van der Waals surface area contributed by atoms with Crippen LogP contribution in [0.4, 0.5) is 5.69 Å². The molecule has 0 saturated carbocycles. The first-order valence-corrected chi connectivity index (χ1v) is 11.7. The highest BCUT2D eigenvalue weighted by Gasteiger charge is 2.15. The van der Waals surface area contributed by atoms with Crippen molar-refractivity contribution in [2.75, 3.05) is 5.32 Å². The van der Waals surface area contributed by atoms with Gasteiger partial charge in [0.05, 0.1) is 22.8 Å². The molecular formula is C25H21N7S. The highest BCUT2D eigenvalue weighted by atomic mass is 32.1. The number of anilines is 1. The lowest BCUT2D eigenvalue weighted by molar-refractivity contribution is 0.898. The summed E-state index contributed by atoms with van der Waals surface area (Å²) in [5, 5.41) is 17.2. The molecule has 3 N–H and O–H groups in total. The Labute approximate surface area is 194 Å². The monoisotopic (exact) mass is 451 g/mol. The number of thiophene rings is 1. The Morgan fingerprint density at radius 1 is 0.939 bits per heavy atom. The van der Waals surface area contributed by atoms with Crippen LogP contribution < -0.4 is 5.32 Å². The molecule has 0 saturated heterocycles. The molecule has 0 spiro atoms. The molecular weight excluding hydrogens is 430 g/mol. The third kappa shape index (κ3) is 3.54. The average molecular weight is 452 g/mol. The predicted molar refractivity (Wildman–Crippen MR) is 134 cm³/mol. The largest absolute Gasteiger partial charge is 0.382 e. The van der Waals surface area contributed by atoms with Crippen LogP contribution in [0.15, 0.2) is 65.9 Å². The van der Waals surface area contributed by atoms with Gasteiger partial charge in [-0.1, -0.05) is 0 Å². The van der Waals surface area contributed by atoms with Crippen molar-refractivity contribution >= 4 is 39.0 Å². The van der Waals surface area contributed by atoms with Gasteiger partial charge in [0.2, 0.25) is 0 Å². The van der Waals surface area contributed by atoms with E-state index >= 15 is 0 Å². The number of aromatic nitrogens is 6. The zero-order valence-electron chi connectivity index (χ0n) is 18.1. The van der Waals surface area contributed by atoms with E-state index in [-0.39, 0.29) is 0 Å². The predicted octanol–water partition coefficient (Wildman–Crippen LogP) is 6.11. The normalized spacial score (nSPS) is 11.6. The number of rotatable bonds is 5. The number of fused-ring (bicyclic) bond motifs is 2. The molecule has 8 heteroatoms. The van der Waals surface area contributed by atoms with Crippen LogP contribution in [-0.2, 0) is 0 Å². The van der Waals surface area contributed by atoms with Crippen LogP contribution in [-0.4, -0.2) is 36.2 Å². The molecule has 0 aliphatic heterocycles. The first-order chi connectivity index (χ1) is 16.2. The fourth-order valence-electron chi connectivity index (χ4n) is 4.09. The van der Waals surface area contributed by atoms with E-state index in [1.807, 2.05) is 30.9 Å². The van der Waals surface area contributed by atoms with E-state index < -0.39 is 0 Å². The van der Waals surface area contributed by atoms with E-state index in [1.165, 1.54) is 0 Å². The smallest absolute Gasteiger partial charge is 0.181 e. The topological polar surface area (TPSA) is 95.2 Å². The summed E-state index contributed by atoms with van der Waals surface area (Å²) < 4.78 is 0. The Morgan fingerprint density at radius 3 is 2.70 bits per heavy atom. The Morgan fingerprint density at radius 2 is 1.85 bits per heavy atom. The van der Waals surface area contributed by atoms with E-state index in [0.717, 1.165) is 55.7 Å². The summed E-state index contributed by atoms with van der Waals surface area (Å²) in [6, 6.07) is 10.8. The average Bonchev–Trinajstić information content (AvgIpc) is 3.57. The zero-order chi connectivity index (χ0) is 22.4. The molecule has 33 heavy (non-hydrogen) atoms. The van der Waals surface area contributed by atoms with Gasteiger partial charge in [0.1, 0.15) is 0 Å². The molecule has 0 aliphatic rings. The maximum Gasteiger partial charge on any atom is 0.181 e. The van der Waals surface area contributed by atoms with Crippen LogP contribution >= 0.6 is 11.3 Å². The van der Waals surface area contributed by atoms with Gasteiger partial charge in [-0.2, -0.15) is 16.4 Å². The summed E-state index contributed by atoms with van der Waals surface area (Å²) in [7, 11) is 0. The van der Waals surface area contributed by atoms with Gasteiger partial charge in [0.15, 0.2) is 5.65 Å². The van der Waals surface area contributed by atoms with E-state index in [0.29, 0.717) is 11.7 Å². The fraction of sp³-hybridized carbons (Fsp3) is 0.120. The van der Waals surface area contributed by atoms with Crippen molar-refractivity contribution in [3.8, 4) is 33.8 Å². The van der Waals surface area contributed by atoms with Gasteiger partial charge >= 0.3 is 0 Å². The molecule has 0 atom stereocenters. The molecule has 6 rings (SSSR count). The SMILES string of the molecule is CC(C)Nc1cncc(-c2cnc3n[nH]c(-c4cc5c(-c6ccsc6)nccc5[nH]4)c3c2)c1. The molecule has 7 nitrogen and oxygen atoms in total. The lowest BCUT2D eigenvalue weighted by atomic mass is 10.1. The van der Waals surface area contributed by atoms with E-state index in [4.69, 9.17) is 0 Å². The van der Waals surface area contributed by atoms with Crippen LogP contribution in [0, 0.1) is 0 Å². The molecule has 0 bridgehead atoms. The standard InChI is InChI=1S/C25H21N7S/c1-14(2)29-18-7-16(10-26-12-18)17-8-20-24(31-32-25(20)28-11-17)22-9-19-21(30-22)3-5-27-23(19)15-4-6-33-13-15/h3-14,29-30H,1-2H3,(H,28,31,32). The number of nitrogens with one attached hydrogen (secondary N) is 3. The fourth-order valence-corrected chi connectivity index (χ4v) is 4.73. The molecule has 6 aromatic rings. The zero-order valence-corrected chi connectivity index (χ0v) is 18.9. The van der Waals surface area contributed by atoms with Crippen LogP contribution in [0.25, 0.3) is 55.7 Å². The molecule has 0 amide bonds. The van der Waals surface area contributed by atoms with Crippen molar-refractivity contribution < 1.29 is 0 Å². The van der Waals surface area contributed by atoms with Crippen LogP contribution in [0.2, 0.25) is 0 Å². The second-order valence-electron chi connectivity index (χ2n) is 8.27. The minimum Gasteiger partial charge on any atom is -0.382 e. The van der Waals surface area contributed by atoms with Crippen molar-refractivity contribution in [3.05, 3.63) is 65.9 Å². The van der Waals surface area contributed by atoms with Gasteiger partial charge in [-0.05, 0) is 49.6 Å². The third-order valence-electron chi connectivity index (χ3n) is 5.55. The number of nitrogens with zero attached hydrogens (tertiary/aromatic N) is 4. The van der Waals surface area contributed by atoms with Gasteiger partial charge in [-0.25, -0.2) is 4.98 Å². The highest BCUT2D eigenvalue weighted by molar-refractivity contribution is 7.08. The van der Waals surface area contributed by atoms with Crippen molar-refractivity contribution in [3.63, 3.8) is 0 Å². The first kappa shape index (κ1) is 19.6. The van der Waals surface area contributed by atoms with Crippen LogP contribution in [0.1, 0.15) is 13.8 Å². The minimum atomic E-state index is 0.332. The summed E-state index contributed by atoms with van der Waals surface area (Å²) in [5.41, 5.74) is 8.62. The molecule has 0 radical (unpaired) electrons. The number of hydrogen-bond acceptors (Lipinski definition) is 6. The van der Waals surface area contributed by atoms with Crippen molar-refractivity contribution in [2.24, 2.45) is 0 Å². The number of pyridine rings is 3. The highest BCUT2D eigenvalue weighted by Crippen LogP contribution is 2.34.